The summed E-state index contributed by atoms with van der Waals surface area (Å²) in [5.74, 6) is 0.823. The second kappa shape index (κ2) is 15.8. The van der Waals surface area contributed by atoms with Crippen molar-refractivity contribution in [1.29, 1.82) is 0 Å². The average molecular weight is 820 g/mol. The van der Waals surface area contributed by atoms with Gasteiger partial charge in [0.05, 0.1) is 11.7 Å². The summed E-state index contributed by atoms with van der Waals surface area (Å²) < 4.78 is 0. The number of hydrogen-bond donors (Lipinski definition) is 2. The number of carbonyl (C=O) groups excluding carboxylic acids is 1. The van der Waals surface area contributed by atoms with Gasteiger partial charge in [0.1, 0.15) is 0 Å². The fraction of sp³-hybridized carbons (Fsp3) is 0.633. The molecule has 0 saturated heterocycles. The lowest BCUT2D eigenvalue weighted by molar-refractivity contribution is -0.200. The van der Waals surface area contributed by atoms with E-state index in [1.807, 2.05) is 24.3 Å². The van der Waals surface area contributed by atoms with Gasteiger partial charge >= 0.3 is 5.97 Å². The molecule has 57 heavy (non-hydrogen) atoms. The lowest BCUT2D eigenvalue weighted by Crippen LogP contribution is -2.64. The van der Waals surface area contributed by atoms with E-state index in [1.165, 1.54) is 16.7 Å². The summed E-state index contributed by atoms with van der Waals surface area (Å²) >= 11 is 6.25. The standard InChI is InChI=1S/C49H67ClN2O4.ClH/c1-31(2)42-38(53)28-49(41(54)30-52(27-26-51(8)9)29-32-10-16-35(50)17-11-32)25-24-47(6)37(43(42)49)18-19-40-46(5)22-20-36(33-12-14-34(15-13-33)44(55)56)45(3,4)39(46)21-23-48(40,47)7;/h10-17,20,31,37,39-41,54H,18-19,21-30H2,1-9H3,(H,55,56);1H/t37-,39+,40-,41?,46+,47-,48-,49+;/m1./s1. The number of rotatable bonds is 11. The number of likely N-dealkylation sites (N-methyl/N-ethyl adjacent to an activating group) is 1. The molecule has 0 aromatic heterocycles. The number of Topliss-reactive ketones (excluding diaryl/α,β-unsaturated/α-hetero) is 1. The molecule has 0 amide bonds. The smallest absolute Gasteiger partial charge is 0.335 e. The Labute approximate surface area is 353 Å². The first kappa shape index (κ1) is 44.1. The van der Waals surface area contributed by atoms with Gasteiger partial charge in [0.2, 0.25) is 0 Å². The maximum atomic E-state index is 14.3. The van der Waals surface area contributed by atoms with Gasteiger partial charge in [0.25, 0.3) is 0 Å². The van der Waals surface area contributed by atoms with Gasteiger partial charge in [-0.3, -0.25) is 9.69 Å². The summed E-state index contributed by atoms with van der Waals surface area (Å²) in [6.45, 7) is 20.0. The molecular formula is C49H68Cl2N2O4. The van der Waals surface area contributed by atoms with E-state index in [-0.39, 0.29) is 51.7 Å². The lowest BCUT2D eigenvalue weighted by atomic mass is 9.33. The Morgan fingerprint density at radius 3 is 2.16 bits per heavy atom. The van der Waals surface area contributed by atoms with Crippen molar-refractivity contribution in [3.63, 3.8) is 0 Å². The Bertz CT molecular complexity index is 1900. The number of carbonyl (C=O) groups is 2. The van der Waals surface area contributed by atoms with Gasteiger partial charge < -0.3 is 15.1 Å². The summed E-state index contributed by atoms with van der Waals surface area (Å²) in [5, 5.41) is 23.0. The Balaban J connectivity index is 0.00000549. The summed E-state index contributed by atoms with van der Waals surface area (Å²) in [5.41, 5.74) is 6.01. The van der Waals surface area contributed by atoms with Crippen LogP contribution in [0.25, 0.3) is 5.57 Å². The molecule has 8 atom stereocenters. The van der Waals surface area contributed by atoms with Crippen LogP contribution >= 0.6 is 24.0 Å². The molecule has 8 heteroatoms. The summed E-state index contributed by atoms with van der Waals surface area (Å²) in [6.07, 6.45) is 9.71. The number of benzene rings is 2. The van der Waals surface area contributed by atoms with Gasteiger partial charge in [0, 0.05) is 43.0 Å². The van der Waals surface area contributed by atoms with Crippen molar-refractivity contribution in [2.75, 3.05) is 33.7 Å². The number of halogens is 2. The lowest BCUT2D eigenvalue weighted by Gasteiger charge is -2.71. The van der Waals surface area contributed by atoms with Crippen LogP contribution in [0.5, 0.6) is 0 Å². The number of aliphatic hydroxyl groups excluding tert-OH is 1. The molecule has 312 valence electrons. The third kappa shape index (κ3) is 7.19. The molecule has 0 aliphatic heterocycles. The quantitative estimate of drug-likeness (QED) is 0.235. The molecule has 2 aromatic carbocycles. The number of carboxylic acids is 1. The molecule has 7 rings (SSSR count). The van der Waals surface area contributed by atoms with E-state index in [1.54, 1.807) is 12.1 Å². The number of allylic oxidation sites excluding steroid dienone is 3. The largest absolute Gasteiger partial charge is 0.478 e. The second-order valence-electron chi connectivity index (χ2n) is 20.5. The first-order chi connectivity index (χ1) is 26.3. The predicted octanol–water partition coefficient (Wildman–Crippen LogP) is 10.9. The zero-order chi connectivity index (χ0) is 40.6. The van der Waals surface area contributed by atoms with Crippen LogP contribution in [0.3, 0.4) is 0 Å². The highest BCUT2D eigenvalue weighted by Crippen LogP contribution is 2.77. The normalized spacial score (nSPS) is 33.6. The SMILES string of the molecule is CC(C)C1=C2[C@H]3CC[C@@H]4[C@@]5(C)CC=C(c6ccc(C(=O)O)cc6)C(C)(C)[C@@H]5CC[C@@]4(C)[C@]3(C)CC[C@@]2(C(O)CN(CCN(C)C)Cc2ccc(Cl)cc2)CC1=O.Cl. The minimum Gasteiger partial charge on any atom is -0.478 e. The number of ketones is 1. The number of hydrogen-bond acceptors (Lipinski definition) is 5. The van der Waals surface area contributed by atoms with Crippen LogP contribution in [0.4, 0.5) is 0 Å². The van der Waals surface area contributed by atoms with Gasteiger partial charge in [-0.1, -0.05) is 96.0 Å². The fourth-order valence-electron chi connectivity index (χ4n) is 13.8. The minimum absolute atomic E-state index is 0. The van der Waals surface area contributed by atoms with E-state index in [0.29, 0.717) is 30.4 Å². The van der Waals surface area contributed by atoms with Gasteiger partial charge in [-0.15, -0.1) is 12.4 Å². The molecule has 5 aliphatic rings. The molecule has 6 nitrogen and oxygen atoms in total. The van der Waals surface area contributed by atoms with E-state index in [2.05, 4.69) is 90.6 Å². The van der Waals surface area contributed by atoms with Crippen LogP contribution in [-0.4, -0.2) is 71.6 Å². The highest BCUT2D eigenvalue weighted by molar-refractivity contribution is 6.30. The zero-order valence-electron chi connectivity index (χ0n) is 36.0. The van der Waals surface area contributed by atoms with Crippen LogP contribution in [0.1, 0.15) is 121 Å². The number of fused-ring (bicyclic) bond motifs is 7. The van der Waals surface area contributed by atoms with Gasteiger partial charge in [-0.2, -0.15) is 0 Å². The summed E-state index contributed by atoms with van der Waals surface area (Å²) in [4.78, 5) is 30.5. The molecular weight excluding hydrogens is 751 g/mol. The van der Waals surface area contributed by atoms with Crippen LogP contribution in [0, 0.1) is 50.7 Å². The van der Waals surface area contributed by atoms with Crippen molar-refractivity contribution in [1.82, 2.24) is 9.80 Å². The fourth-order valence-corrected chi connectivity index (χ4v) is 14.0. The number of carboxylic acid groups (broad SMARTS) is 1. The molecule has 1 unspecified atom stereocenters. The van der Waals surface area contributed by atoms with E-state index in [9.17, 15) is 19.8 Å². The minimum atomic E-state index is -0.888. The van der Waals surface area contributed by atoms with E-state index < -0.39 is 17.5 Å². The predicted molar refractivity (Wildman–Crippen MR) is 235 cm³/mol. The number of aromatic carboxylic acids is 1. The Hall–Kier alpha value is -2.48. The molecule has 2 aromatic rings. The number of nitrogens with zero attached hydrogens (tertiary/aromatic N) is 2. The highest BCUT2D eigenvalue weighted by Gasteiger charge is 2.70. The molecule has 5 aliphatic carbocycles. The third-order valence-electron chi connectivity index (χ3n) is 16.8. The molecule has 0 bridgehead atoms. The molecule has 3 saturated carbocycles. The van der Waals surface area contributed by atoms with Crippen LogP contribution < -0.4 is 0 Å². The molecule has 0 spiro atoms. The highest BCUT2D eigenvalue weighted by atomic mass is 35.5. The van der Waals surface area contributed by atoms with Gasteiger partial charge in [-0.05, 0) is 151 Å². The third-order valence-corrected chi connectivity index (χ3v) is 17.0. The average Bonchev–Trinajstić information content (AvgIpc) is 3.45. The maximum absolute atomic E-state index is 14.3. The zero-order valence-corrected chi connectivity index (χ0v) is 37.5. The van der Waals surface area contributed by atoms with E-state index in [4.69, 9.17) is 11.6 Å². The molecule has 0 radical (unpaired) electrons. The molecule has 0 heterocycles. The van der Waals surface area contributed by atoms with Gasteiger partial charge in [-0.25, -0.2) is 4.79 Å². The molecule has 3 fully saturated rings. The summed E-state index contributed by atoms with van der Waals surface area (Å²) in [6, 6.07) is 15.6. The second-order valence-corrected chi connectivity index (χ2v) is 20.9. The van der Waals surface area contributed by atoms with Crippen molar-refractivity contribution in [3.8, 4) is 0 Å². The van der Waals surface area contributed by atoms with Crippen molar-refractivity contribution in [2.45, 2.75) is 112 Å². The summed E-state index contributed by atoms with van der Waals surface area (Å²) in [7, 11) is 4.19. The van der Waals surface area contributed by atoms with Crippen molar-refractivity contribution >= 4 is 41.3 Å². The Kier molecular flexibility index (Phi) is 12.3. The Morgan fingerprint density at radius 1 is 0.877 bits per heavy atom. The van der Waals surface area contributed by atoms with E-state index in [0.717, 1.165) is 80.7 Å². The van der Waals surface area contributed by atoms with Crippen LogP contribution in [0.15, 0.2) is 65.8 Å². The van der Waals surface area contributed by atoms with Crippen LogP contribution in [-0.2, 0) is 11.3 Å². The van der Waals surface area contributed by atoms with Crippen molar-refractivity contribution in [3.05, 3.63) is 87.5 Å². The van der Waals surface area contributed by atoms with Crippen molar-refractivity contribution in [2.24, 2.45) is 50.7 Å². The Morgan fingerprint density at radius 2 is 1.54 bits per heavy atom. The number of aliphatic hydroxyl groups is 1. The molecule has 2 N–H and O–H groups in total. The van der Waals surface area contributed by atoms with Crippen LogP contribution in [0.2, 0.25) is 5.02 Å². The first-order valence-corrected chi connectivity index (χ1v) is 21.8. The van der Waals surface area contributed by atoms with Gasteiger partial charge in [0.15, 0.2) is 5.78 Å². The monoisotopic (exact) mass is 818 g/mol. The van der Waals surface area contributed by atoms with Crippen molar-refractivity contribution < 1.29 is 19.8 Å². The first-order valence-electron chi connectivity index (χ1n) is 21.4. The topological polar surface area (TPSA) is 81.1 Å². The maximum Gasteiger partial charge on any atom is 0.335 e. The van der Waals surface area contributed by atoms with E-state index >= 15 is 0 Å².